The molecule has 34 heavy (non-hydrogen) atoms. The lowest BCUT2D eigenvalue weighted by molar-refractivity contribution is 0.202. The Balaban J connectivity index is 0.00000274. The zero-order valence-corrected chi connectivity index (χ0v) is 20.6. The van der Waals surface area contributed by atoms with Crippen LogP contribution in [0.5, 0.6) is 0 Å². The highest BCUT2D eigenvalue weighted by Crippen LogP contribution is 2.29. The van der Waals surface area contributed by atoms with Gasteiger partial charge in [0.15, 0.2) is 11.6 Å². The highest BCUT2D eigenvalue weighted by molar-refractivity contribution is 5.85. The highest BCUT2D eigenvalue weighted by Gasteiger charge is 2.26. The Kier molecular flexibility index (Phi) is 8.03. The molecule has 5 rings (SSSR count). The lowest BCUT2D eigenvalue weighted by Gasteiger charge is -2.38. The lowest BCUT2D eigenvalue weighted by Crippen LogP contribution is -2.47. The van der Waals surface area contributed by atoms with Crippen LogP contribution in [-0.4, -0.2) is 75.6 Å². The molecule has 0 bridgehead atoms. The van der Waals surface area contributed by atoms with Gasteiger partial charge in [-0.3, -0.25) is 4.90 Å². The number of aliphatic hydroxyl groups is 1. The minimum Gasteiger partial charge on any atom is -0.396 e. The van der Waals surface area contributed by atoms with Gasteiger partial charge in [-0.2, -0.15) is 5.10 Å². The number of hydrogen-bond donors (Lipinski definition) is 1. The molecule has 0 radical (unpaired) electrons. The molecule has 0 unspecified atom stereocenters. The number of piperazine rings is 1. The molecule has 1 aromatic carbocycles. The molecule has 0 amide bonds. The van der Waals surface area contributed by atoms with E-state index in [2.05, 4.69) is 40.0 Å². The first-order valence-corrected chi connectivity index (χ1v) is 12.0. The van der Waals surface area contributed by atoms with E-state index in [0.29, 0.717) is 5.92 Å². The third kappa shape index (κ3) is 5.35. The minimum absolute atomic E-state index is 0. The van der Waals surface area contributed by atoms with Crippen LogP contribution >= 0.6 is 12.4 Å². The van der Waals surface area contributed by atoms with Crippen LogP contribution in [0.1, 0.15) is 24.1 Å². The Bertz CT molecular complexity index is 1040. The van der Waals surface area contributed by atoms with E-state index in [1.165, 1.54) is 5.56 Å². The van der Waals surface area contributed by atoms with Crippen molar-refractivity contribution >= 4 is 24.0 Å². The van der Waals surface area contributed by atoms with Gasteiger partial charge in [0.2, 0.25) is 0 Å². The molecule has 8 nitrogen and oxygen atoms in total. The molecule has 2 aromatic heterocycles. The fraction of sp³-hybridized carbons (Fsp3) is 0.480. The summed E-state index contributed by atoms with van der Waals surface area (Å²) in [5, 5.41) is 14.2. The maximum absolute atomic E-state index is 9.45. The van der Waals surface area contributed by atoms with E-state index in [4.69, 9.17) is 15.1 Å². The minimum atomic E-state index is 0. The Hall–Kier alpha value is -2.68. The maximum atomic E-state index is 9.45. The van der Waals surface area contributed by atoms with Crippen molar-refractivity contribution in [2.75, 3.05) is 55.7 Å². The predicted octanol–water partition coefficient (Wildman–Crippen LogP) is 2.92. The standard InChI is InChI=1S/C25H33N7O.ClH/c1-20-22(18-32(28-20)23-5-3-2-4-6-23)17-29-13-15-31(16-14-29)25-24(26-9-10-27-25)30-11-7-21(19-33)8-12-30;/h2-6,9-10,18,21,33H,7-8,11-17,19H2,1H3;1H. The summed E-state index contributed by atoms with van der Waals surface area (Å²) in [4.78, 5) is 16.6. The summed E-state index contributed by atoms with van der Waals surface area (Å²) in [6, 6.07) is 10.3. The number of anilines is 2. The van der Waals surface area contributed by atoms with Crippen molar-refractivity contribution in [3.8, 4) is 5.69 Å². The second-order valence-corrected chi connectivity index (χ2v) is 9.10. The van der Waals surface area contributed by atoms with E-state index in [1.54, 1.807) is 12.4 Å². The normalized spacial score (nSPS) is 17.6. The van der Waals surface area contributed by atoms with Gasteiger partial charge in [-0.15, -0.1) is 12.4 Å². The van der Waals surface area contributed by atoms with E-state index in [1.807, 2.05) is 22.9 Å². The number of para-hydroxylation sites is 1. The van der Waals surface area contributed by atoms with Gasteiger partial charge in [-0.1, -0.05) is 18.2 Å². The van der Waals surface area contributed by atoms with Gasteiger partial charge in [-0.25, -0.2) is 14.6 Å². The number of aryl methyl sites for hydroxylation is 1. The fourth-order valence-corrected chi connectivity index (χ4v) is 4.82. The van der Waals surface area contributed by atoms with Crippen molar-refractivity contribution in [1.82, 2.24) is 24.6 Å². The Morgan fingerprint density at radius 1 is 0.882 bits per heavy atom. The second-order valence-electron chi connectivity index (χ2n) is 9.10. The van der Waals surface area contributed by atoms with Gasteiger partial charge in [0.05, 0.1) is 11.4 Å². The van der Waals surface area contributed by atoms with E-state index >= 15 is 0 Å². The molecule has 0 spiro atoms. The van der Waals surface area contributed by atoms with Gasteiger partial charge < -0.3 is 14.9 Å². The monoisotopic (exact) mass is 483 g/mol. The van der Waals surface area contributed by atoms with Crippen LogP contribution in [0.15, 0.2) is 48.9 Å². The van der Waals surface area contributed by atoms with Crippen LogP contribution in [-0.2, 0) is 6.54 Å². The molecule has 4 heterocycles. The molecule has 1 N–H and O–H groups in total. The van der Waals surface area contributed by atoms with Crippen molar-refractivity contribution in [3.63, 3.8) is 0 Å². The summed E-state index contributed by atoms with van der Waals surface area (Å²) in [6.07, 6.45) is 7.77. The summed E-state index contributed by atoms with van der Waals surface area (Å²) in [5.74, 6) is 2.40. The summed E-state index contributed by atoms with van der Waals surface area (Å²) in [7, 11) is 0. The molecular weight excluding hydrogens is 450 g/mol. The number of nitrogens with zero attached hydrogens (tertiary/aromatic N) is 7. The summed E-state index contributed by atoms with van der Waals surface area (Å²) in [6.45, 7) is 8.99. The Morgan fingerprint density at radius 3 is 2.12 bits per heavy atom. The quantitative estimate of drug-likeness (QED) is 0.577. The average molecular weight is 484 g/mol. The van der Waals surface area contributed by atoms with Gasteiger partial charge in [0.25, 0.3) is 0 Å². The second kappa shape index (κ2) is 11.2. The van der Waals surface area contributed by atoms with Crippen LogP contribution in [0.2, 0.25) is 0 Å². The van der Waals surface area contributed by atoms with Crippen LogP contribution in [0.4, 0.5) is 11.6 Å². The molecule has 2 aliphatic heterocycles. The molecule has 182 valence electrons. The van der Waals surface area contributed by atoms with Crippen LogP contribution in [0.3, 0.4) is 0 Å². The Labute approximate surface area is 207 Å². The number of benzene rings is 1. The molecule has 2 aliphatic rings. The highest BCUT2D eigenvalue weighted by atomic mass is 35.5. The number of aromatic nitrogens is 4. The van der Waals surface area contributed by atoms with E-state index in [0.717, 1.165) is 81.7 Å². The number of hydrogen-bond acceptors (Lipinski definition) is 7. The summed E-state index contributed by atoms with van der Waals surface area (Å²) >= 11 is 0. The average Bonchev–Trinajstić information content (AvgIpc) is 3.25. The van der Waals surface area contributed by atoms with Crippen molar-refractivity contribution in [2.45, 2.75) is 26.3 Å². The zero-order chi connectivity index (χ0) is 22.6. The molecule has 2 saturated heterocycles. The first-order chi connectivity index (χ1) is 16.2. The van der Waals surface area contributed by atoms with Crippen LogP contribution in [0.25, 0.3) is 5.69 Å². The molecular formula is C25H34ClN7O. The van der Waals surface area contributed by atoms with Crippen molar-refractivity contribution in [2.24, 2.45) is 5.92 Å². The molecule has 0 aliphatic carbocycles. The van der Waals surface area contributed by atoms with Gasteiger partial charge in [0.1, 0.15) is 0 Å². The van der Waals surface area contributed by atoms with E-state index in [9.17, 15) is 5.11 Å². The topological polar surface area (TPSA) is 73.6 Å². The molecule has 9 heteroatoms. The number of aliphatic hydroxyl groups excluding tert-OH is 1. The number of rotatable bonds is 6. The largest absolute Gasteiger partial charge is 0.396 e. The van der Waals surface area contributed by atoms with Crippen LogP contribution in [0, 0.1) is 12.8 Å². The van der Waals surface area contributed by atoms with Crippen molar-refractivity contribution in [1.29, 1.82) is 0 Å². The smallest absolute Gasteiger partial charge is 0.172 e. The van der Waals surface area contributed by atoms with E-state index in [-0.39, 0.29) is 19.0 Å². The molecule has 0 atom stereocenters. The summed E-state index contributed by atoms with van der Waals surface area (Å²) < 4.78 is 1.98. The number of piperidine rings is 1. The SMILES string of the molecule is Cc1nn(-c2ccccc2)cc1CN1CCN(c2nccnc2N2CCC(CO)CC2)CC1.Cl. The van der Waals surface area contributed by atoms with Crippen LogP contribution < -0.4 is 9.80 Å². The molecule has 2 fully saturated rings. The van der Waals surface area contributed by atoms with Gasteiger partial charge in [-0.05, 0) is 37.8 Å². The van der Waals surface area contributed by atoms with Gasteiger partial charge in [0, 0.05) is 76.6 Å². The maximum Gasteiger partial charge on any atom is 0.172 e. The Morgan fingerprint density at radius 2 is 1.50 bits per heavy atom. The predicted molar refractivity (Wildman–Crippen MR) is 137 cm³/mol. The first-order valence-electron chi connectivity index (χ1n) is 12.0. The van der Waals surface area contributed by atoms with E-state index < -0.39 is 0 Å². The fourth-order valence-electron chi connectivity index (χ4n) is 4.82. The molecule has 3 aromatic rings. The first kappa shape index (κ1) is 24.4. The zero-order valence-electron chi connectivity index (χ0n) is 19.8. The molecule has 0 saturated carbocycles. The summed E-state index contributed by atoms with van der Waals surface area (Å²) in [5.41, 5.74) is 3.46. The third-order valence-electron chi connectivity index (χ3n) is 6.92. The van der Waals surface area contributed by atoms with Crippen molar-refractivity contribution in [3.05, 3.63) is 60.2 Å². The lowest BCUT2D eigenvalue weighted by atomic mass is 9.98. The third-order valence-corrected chi connectivity index (χ3v) is 6.92. The number of halogens is 1. The van der Waals surface area contributed by atoms with Gasteiger partial charge >= 0.3 is 0 Å². The van der Waals surface area contributed by atoms with Crippen molar-refractivity contribution < 1.29 is 5.11 Å².